The van der Waals surface area contributed by atoms with Gasteiger partial charge in [0.2, 0.25) is 0 Å². The Hall–Kier alpha value is -1.85. The quantitative estimate of drug-likeness (QED) is 0.858. The summed E-state index contributed by atoms with van der Waals surface area (Å²) in [5.41, 5.74) is 1.91. The van der Waals surface area contributed by atoms with Gasteiger partial charge in [0.25, 0.3) is 5.91 Å². The van der Waals surface area contributed by atoms with Crippen molar-refractivity contribution in [3.63, 3.8) is 0 Å². The standard InChI is InChI=1S/C17H22N4O2/c1-10(2)21-8-14(18-9-21)16(22)20-6-11-12(7-20)15(11)13-5-17(3-4-17)23-19-13/h8-12,15H,3-7H2,1-2H3/t11-,12+,15?. The van der Waals surface area contributed by atoms with Crippen LogP contribution >= 0.6 is 0 Å². The van der Waals surface area contributed by atoms with Gasteiger partial charge in [-0.25, -0.2) is 4.98 Å². The average Bonchev–Trinajstić information content (AvgIpc) is 3.16. The summed E-state index contributed by atoms with van der Waals surface area (Å²) in [5, 5.41) is 4.34. The van der Waals surface area contributed by atoms with E-state index in [2.05, 4.69) is 24.0 Å². The number of oxime groups is 1. The van der Waals surface area contributed by atoms with E-state index < -0.39 is 0 Å². The molecule has 4 aliphatic rings. The van der Waals surface area contributed by atoms with Crippen molar-refractivity contribution in [2.24, 2.45) is 22.9 Å². The number of hydrogen-bond donors (Lipinski definition) is 0. The van der Waals surface area contributed by atoms with Gasteiger partial charge < -0.3 is 14.3 Å². The van der Waals surface area contributed by atoms with Gasteiger partial charge >= 0.3 is 0 Å². The van der Waals surface area contributed by atoms with Crippen LogP contribution in [0.4, 0.5) is 0 Å². The summed E-state index contributed by atoms with van der Waals surface area (Å²) in [4.78, 5) is 24.4. The second-order valence-electron chi connectivity index (χ2n) is 7.90. The van der Waals surface area contributed by atoms with E-state index in [4.69, 9.17) is 4.84 Å². The fraction of sp³-hybridized carbons (Fsp3) is 0.706. The molecule has 1 unspecified atom stereocenters. The molecule has 1 saturated heterocycles. The topological polar surface area (TPSA) is 59.7 Å². The summed E-state index contributed by atoms with van der Waals surface area (Å²) in [7, 11) is 0. The molecule has 2 aliphatic carbocycles. The maximum atomic E-state index is 12.6. The summed E-state index contributed by atoms with van der Waals surface area (Å²) < 4.78 is 1.98. The van der Waals surface area contributed by atoms with E-state index in [1.165, 1.54) is 5.71 Å². The van der Waals surface area contributed by atoms with Gasteiger partial charge in [-0.2, -0.15) is 0 Å². The highest BCUT2D eigenvalue weighted by molar-refractivity contribution is 5.94. The van der Waals surface area contributed by atoms with Gasteiger partial charge in [-0.15, -0.1) is 0 Å². The predicted molar refractivity (Wildman–Crippen MR) is 84.1 cm³/mol. The van der Waals surface area contributed by atoms with Gasteiger partial charge in [0, 0.05) is 37.7 Å². The first-order chi connectivity index (χ1) is 11.1. The van der Waals surface area contributed by atoms with Crippen LogP contribution in [0.3, 0.4) is 0 Å². The highest BCUT2D eigenvalue weighted by atomic mass is 16.7. The molecule has 1 aromatic heterocycles. The third-order valence-corrected chi connectivity index (χ3v) is 5.95. The van der Waals surface area contributed by atoms with E-state index in [0.29, 0.717) is 29.5 Å². The first-order valence-corrected chi connectivity index (χ1v) is 8.64. The maximum Gasteiger partial charge on any atom is 0.274 e. The van der Waals surface area contributed by atoms with Gasteiger partial charge in [-0.1, -0.05) is 5.16 Å². The first-order valence-electron chi connectivity index (χ1n) is 8.64. The molecule has 5 rings (SSSR count). The molecule has 122 valence electrons. The second-order valence-corrected chi connectivity index (χ2v) is 7.90. The van der Waals surface area contributed by atoms with Crippen LogP contribution in [0, 0.1) is 17.8 Å². The van der Waals surface area contributed by atoms with Crippen LogP contribution in [-0.4, -0.2) is 44.8 Å². The number of aromatic nitrogens is 2. The molecule has 23 heavy (non-hydrogen) atoms. The largest absolute Gasteiger partial charge is 0.389 e. The summed E-state index contributed by atoms with van der Waals surface area (Å²) in [5.74, 6) is 1.80. The van der Waals surface area contributed by atoms with Gasteiger partial charge in [0.15, 0.2) is 0 Å². The lowest BCUT2D eigenvalue weighted by atomic mass is 10.0. The number of piperidine rings is 1. The van der Waals surface area contributed by atoms with E-state index in [-0.39, 0.29) is 11.5 Å². The van der Waals surface area contributed by atoms with Crippen molar-refractivity contribution < 1.29 is 9.63 Å². The van der Waals surface area contributed by atoms with Crippen molar-refractivity contribution >= 4 is 11.6 Å². The molecule has 0 aromatic carbocycles. The number of carbonyl (C=O) groups is 1. The lowest BCUT2D eigenvalue weighted by molar-refractivity contribution is 0.0650. The van der Waals surface area contributed by atoms with Crippen LogP contribution in [0.15, 0.2) is 17.7 Å². The van der Waals surface area contributed by atoms with Gasteiger partial charge in [0.05, 0.1) is 12.0 Å². The van der Waals surface area contributed by atoms with Crippen LogP contribution in [0.5, 0.6) is 0 Å². The fourth-order valence-corrected chi connectivity index (χ4v) is 4.21. The van der Waals surface area contributed by atoms with Gasteiger partial charge in [-0.3, -0.25) is 4.79 Å². The Labute approximate surface area is 135 Å². The predicted octanol–water partition coefficient (Wildman–Crippen LogP) is 2.09. The summed E-state index contributed by atoms with van der Waals surface area (Å²) in [6.45, 7) is 5.86. The number of amides is 1. The van der Waals surface area contributed by atoms with Crippen molar-refractivity contribution in [1.29, 1.82) is 0 Å². The second kappa shape index (κ2) is 4.36. The van der Waals surface area contributed by atoms with Crippen LogP contribution < -0.4 is 0 Å². The molecule has 1 spiro atoms. The Morgan fingerprint density at radius 3 is 2.65 bits per heavy atom. The van der Waals surface area contributed by atoms with Crippen molar-refractivity contribution in [1.82, 2.24) is 14.5 Å². The molecule has 2 aliphatic heterocycles. The smallest absolute Gasteiger partial charge is 0.274 e. The highest BCUT2D eigenvalue weighted by Gasteiger charge is 2.62. The monoisotopic (exact) mass is 314 g/mol. The molecular weight excluding hydrogens is 292 g/mol. The number of fused-ring (bicyclic) bond motifs is 1. The third kappa shape index (κ3) is 2.03. The molecule has 0 radical (unpaired) electrons. The lowest BCUT2D eigenvalue weighted by Gasteiger charge is -2.18. The molecule has 0 N–H and O–H groups in total. The number of hydrogen-bond acceptors (Lipinski definition) is 4. The van der Waals surface area contributed by atoms with Crippen molar-refractivity contribution in [3.8, 4) is 0 Å². The number of likely N-dealkylation sites (tertiary alicyclic amines) is 1. The van der Waals surface area contributed by atoms with Crippen LogP contribution in [0.1, 0.15) is 49.6 Å². The van der Waals surface area contributed by atoms with E-state index >= 15 is 0 Å². The molecule has 2 saturated carbocycles. The highest BCUT2D eigenvalue weighted by Crippen LogP contribution is 2.57. The number of nitrogens with zero attached hydrogens (tertiary/aromatic N) is 4. The molecule has 1 aromatic rings. The van der Waals surface area contributed by atoms with Crippen LogP contribution in [0.25, 0.3) is 0 Å². The van der Waals surface area contributed by atoms with Crippen molar-refractivity contribution in [3.05, 3.63) is 18.2 Å². The minimum Gasteiger partial charge on any atom is -0.389 e. The first kappa shape index (κ1) is 13.6. The zero-order chi connectivity index (χ0) is 15.8. The Morgan fingerprint density at radius 2 is 2.09 bits per heavy atom. The summed E-state index contributed by atoms with van der Waals surface area (Å²) >= 11 is 0. The van der Waals surface area contributed by atoms with E-state index in [1.807, 2.05) is 15.7 Å². The fourth-order valence-electron chi connectivity index (χ4n) is 4.21. The van der Waals surface area contributed by atoms with E-state index in [1.54, 1.807) is 6.33 Å². The Bertz CT molecular complexity index is 691. The Kier molecular flexibility index (Phi) is 2.58. The minimum absolute atomic E-state index is 0.0682. The third-order valence-electron chi connectivity index (χ3n) is 5.95. The normalized spacial score (nSPS) is 32.9. The van der Waals surface area contributed by atoms with Crippen LogP contribution in [0.2, 0.25) is 0 Å². The number of rotatable bonds is 3. The summed E-state index contributed by atoms with van der Waals surface area (Å²) in [6.07, 6.45) is 6.95. The van der Waals surface area contributed by atoms with Crippen LogP contribution in [-0.2, 0) is 4.84 Å². The molecule has 3 fully saturated rings. The zero-order valence-corrected chi connectivity index (χ0v) is 13.6. The Morgan fingerprint density at radius 1 is 1.35 bits per heavy atom. The van der Waals surface area contributed by atoms with Crippen molar-refractivity contribution in [2.45, 2.75) is 44.8 Å². The summed E-state index contributed by atoms with van der Waals surface area (Å²) in [6, 6.07) is 0.329. The average molecular weight is 314 g/mol. The van der Waals surface area contributed by atoms with Gasteiger partial charge in [0.1, 0.15) is 11.3 Å². The van der Waals surface area contributed by atoms with E-state index in [0.717, 1.165) is 32.4 Å². The van der Waals surface area contributed by atoms with Crippen molar-refractivity contribution in [2.75, 3.05) is 13.1 Å². The molecular formula is C17H22N4O2. The molecule has 0 bridgehead atoms. The molecule has 1 amide bonds. The number of imidazole rings is 1. The van der Waals surface area contributed by atoms with Gasteiger partial charge in [-0.05, 0) is 38.5 Å². The maximum absolute atomic E-state index is 12.6. The minimum atomic E-state index is 0.0682. The Balaban J connectivity index is 1.22. The number of carbonyl (C=O) groups excluding carboxylic acids is 1. The SMILES string of the molecule is CC(C)n1cnc(C(=O)N2C[C@@H]3C(C4=NOC5(CC5)C4)[C@@H]3C2)c1. The molecule has 6 nitrogen and oxygen atoms in total. The molecule has 6 heteroatoms. The molecule has 3 heterocycles. The van der Waals surface area contributed by atoms with E-state index in [9.17, 15) is 4.79 Å². The zero-order valence-electron chi connectivity index (χ0n) is 13.6. The lowest BCUT2D eigenvalue weighted by Crippen LogP contribution is -2.32. The molecule has 3 atom stereocenters.